The molecule has 0 radical (unpaired) electrons. The summed E-state index contributed by atoms with van der Waals surface area (Å²) < 4.78 is 4.60. The second-order valence-corrected chi connectivity index (χ2v) is 4.95. The minimum atomic E-state index is -0.279. The van der Waals surface area contributed by atoms with E-state index in [4.69, 9.17) is 0 Å². The molecule has 0 unspecified atom stereocenters. The van der Waals surface area contributed by atoms with Crippen LogP contribution in [0, 0.1) is 0 Å². The number of hydrogen-bond donors (Lipinski definition) is 0. The maximum Gasteiger partial charge on any atom is 0.307 e. The molecule has 0 N–H and O–H groups in total. The summed E-state index contributed by atoms with van der Waals surface area (Å²) in [6.45, 7) is 0.412. The lowest BCUT2D eigenvalue weighted by atomic mass is 10.2. The summed E-state index contributed by atoms with van der Waals surface area (Å²) >= 11 is 1.67. The number of methoxy groups -OCH3 is 1. The van der Waals surface area contributed by atoms with E-state index in [1.165, 1.54) is 12.0 Å². The van der Waals surface area contributed by atoms with Crippen LogP contribution in [0.4, 0.5) is 5.69 Å². The lowest BCUT2D eigenvalue weighted by Gasteiger charge is -2.20. The first-order valence-corrected chi connectivity index (χ1v) is 6.54. The fraction of sp³-hybridized carbons (Fsp3) is 0.500. The van der Waals surface area contributed by atoms with Gasteiger partial charge in [0.1, 0.15) is 0 Å². The Morgan fingerprint density at radius 1 is 1.53 bits per heavy atom. The quantitative estimate of drug-likeness (QED) is 0.774. The monoisotopic (exact) mass is 253 g/mol. The first kappa shape index (κ1) is 12.1. The minimum Gasteiger partial charge on any atom is -0.469 e. The molecule has 0 saturated carbocycles. The zero-order valence-electron chi connectivity index (χ0n) is 9.77. The second-order valence-electron chi connectivity index (χ2n) is 3.95. The number of esters is 1. The van der Waals surface area contributed by atoms with Crippen molar-refractivity contribution in [2.75, 3.05) is 18.6 Å². The van der Waals surface area contributed by atoms with Crippen molar-refractivity contribution in [1.29, 1.82) is 0 Å². The second kappa shape index (κ2) is 5.31. The standard InChI is InChI=1S/C12H15NO3S/c1-16-12(15)5-7-13-9-6-8-17-10(9)3-2-4-11(13)14/h6,8H,2-5,7H2,1H3. The Labute approximate surface area is 104 Å². The highest BCUT2D eigenvalue weighted by molar-refractivity contribution is 7.10. The summed E-state index contributed by atoms with van der Waals surface area (Å²) in [5, 5.41) is 1.99. The molecule has 0 aliphatic carbocycles. The maximum atomic E-state index is 12.0. The third kappa shape index (κ3) is 2.66. The van der Waals surface area contributed by atoms with Crippen molar-refractivity contribution in [1.82, 2.24) is 0 Å². The zero-order chi connectivity index (χ0) is 12.3. The highest BCUT2D eigenvalue weighted by atomic mass is 32.1. The molecule has 1 aromatic heterocycles. The fourth-order valence-electron chi connectivity index (χ4n) is 1.98. The summed E-state index contributed by atoms with van der Waals surface area (Å²) in [6, 6.07) is 1.96. The number of aryl methyl sites for hydroxylation is 1. The van der Waals surface area contributed by atoms with Crippen molar-refractivity contribution in [3.63, 3.8) is 0 Å². The third-order valence-electron chi connectivity index (χ3n) is 2.88. The van der Waals surface area contributed by atoms with Gasteiger partial charge in [0.15, 0.2) is 0 Å². The number of fused-ring (bicyclic) bond motifs is 1. The number of carbonyl (C=O) groups excluding carboxylic acids is 2. The van der Waals surface area contributed by atoms with E-state index >= 15 is 0 Å². The molecule has 1 aliphatic heterocycles. The van der Waals surface area contributed by atoms with Crippen LogP contribution >= 0.6 is 11.3 Å². The van der Waals surface area contributed by atoms with Crippen molar-refractivity contribution >= 4 is 28.9 Å². The van der Waals surface area contributed by atoms with Crippen LogP contribution in [0.3, 0.4) is 0 Å². The number of amides is 1. The number of anilines is 1. The van der Waals surface area contributed by atoms with Crippen molar-refractivity contribution in [3.05, 3.63) is 16.3 Å². The van der Waals surface area contributed by atoms with Crippen LogP contribution in [0.25, 0.3) is 0 Å². The minimum absolute atomic E-state index is 0.103. The first-order valence-electron chi connectivity index (χ1n) is 5.66. The zero-order valence-corrected chi connectivity index (χ0v) is 10.6. The number of nitrogens with zero attached hydrogens (tertiary/aromatic N) is 1. The number of thiophene rings is 1. The lowest BCUT2D eigenvalue weighted by molar-refractivity contribution is -0.140. The molecule has 0 bridgehead atoms. The van der Waals surface area contributed by atoms with E-state index in [-0.39, 0.29) is 18.3 Å². The predicted octanol–water partition coefficient (Wildman–Crippen LogP) is 1.98. The smallest absolute Gasteiger partial charge is 0.307 e. The lowest BCUT2D eigenvalue weighted by Crippen LogP contribution is -2.32. The predicted molar refractivity (Wildman–Crippen MR) is 66.2 cm³/mol. The highest BCUT2D eigenvalue weighted by Crippen LogP contribution is 2.31. The van der Waals surface area contributed by atoms with Crippen molar-refractivity contribution in [2.24, 2.45) is 0 Å². The Kier molecular flexibility index (Phi) is 3.78. The molecule has 0 aromatic carbocycles. The van der Waals surface area contributed by atoms with Crippen LogP contribution in [0.5, 0.6) is 0 Å². The molecule has 0 atom stereocenters. The van der Waals surface area contributed by atoms with Gasteiger partial charge in [-0.3, -0.25) is 9.59 Å². The summed E-state index contributed by atoms with van der Waals surface area (Å²) in [5.74, 6) is -0.176. The molecule has 4 nitrogen and oxygen atoms in total. The van der Waals surface area contributed by atoms with Gasteiger partial charge in [0, 0.05) is 17.8 Å². The van der Waals surface area contributed by atoms with Crippen LogP contribution in [0.15, 0.2) is 11.4 Å². The van der Waals surface area contributed by atoms with Gasteiger partial charge in [0.05, 0.1) is 19.2 Å². The number of hydrogen-bond acceptors (Lipinski definition) is 4. The van der Waals surface area contributed by atoms with Gasteiger partial charge in [0.25, 0.3) is 0 Å². The fourth-order valence-corrected chi connectivity index (χ4v) is 2.90. The largest absolute Gasteiger partial charge is 0.469 e. The van der Waals surface area contributed by atoms with Crippen molar-refractivity contribution in [3.8, 4) is 0 Å². The summed E-state index contributed by atoms with van der Waals surface area (Å²) in [6.07, 6.45) is 2.65. The van der Waals surface area contributed by atoms with Crippen LogP contribution in [0.2, 0.25) is 0 Å². The van der Waals surface area contributed by atoms with Gasteiger partial charge >= 0.3 is 5.97 Å². The Hall–Kier alpha value is -1.36. The molecule has 5 heteroatoms. The van der Waals surface area contributed by atoms with Gasteiger partial charge in [-0.1, -0.05) is 0 Å². The van der Waals surface area contributed by atoms with E-state index < -0.39 is 0 Å². The van der Waals surface area contributed by atoms with E-state index in [1.807, 2.05) is 11.4 Å². The number of rotatable bonds is 3. The molecular weight excluding hydrogens is 238 g/mol. The molecule has 1 aromatic rings. The molecule has 1 amide bonds. The molecule has 1 aliphatic rings. The molecular formula is C12H15NO3S. The molecule has 0 saturated heterocycles. The molecule has 17 heavy (non-hydrogen) atoms. The third-order valence-corrected chi connectivity index (χ3v) is 3.85. The SMILES string of the molecule is COC(=O)CCN1C(=O)CCCc2sccc21. The van der Waals surface area contributed by atoms with Gasteiger partial charge in [-0.25, -0.2) is 0 Å². The Balaban J connectivity index is 2.13. The Morgan fingerprint density at radius 3 is 3.12 bits per heavy atom. The average molecular weight is 253 g/mol. The van der Waals surface area contributed by atoms with E-state index in [1.54, 1.807) is 16.2 Å². The van der Waals surface area contributed by atoms with Crippen LogP contribution in [0.1, 0.15) is 24.1 Å². The van der Waals surface area contributed by atoms with Gasteiger partial charge in [-0.15, -0.1) is 11.3 Å². The molecule has 92 valence electrons. The average Bonchev–Trinajstić information content (AvgIpc) is 2.72. The molecule has 2 rings (SSSR count). The normalized spacial score (nSPS) is 15.4. The number of carbonyl (C=O) groups is 2. The van der Waals surface area contributed by atoms with Crippen LogP contribution in [-0.2, 0) is 20.7 Å². The van der Waals surface area contributed by atoms with Crippen LogP contribution in [-0.4, -0.2) is 25.5 Å². The Bertz CT molecular complexity index is 427. The van der Waals surface area contributed by atoms with E-state index in [9.17, 15) is 9.59 Å². The van der Waals surface area contributed by atoms with Crippen LogP contribution < -0.4 is 4.90 Å². The van der Waals surface area contributed by atoms with Gasteiger partial charge < -0.3 is 9.64 Å². The van der Waals surface area contributed by atoms with E-state index in [0.29, 0.717) is 13.0 Å². The summed E-state index contributed by atoms with van der Waals surface area (Å²) in [5.41, 5.74) is 0.974. The van der Waals surface area contributed by atoms with Gasteiger partial charge in [-0.2, -0.15) is 0 Å². The van der Waals surface area contributed by atoms with E-state index in [2.05, 4.69) is 4.74 Å². The maximum absolute atomic E-state index is 12.0. The van der Waals surface area contributed by atoms with Crippen molar-refractivity contribution < 1.29 is 14.3 Å². The Morgan fingerprint density at radius 2 is 2.35 bits per heavy atom. The first-order chi connectivity index (χ1) is 8.22. The van der Waals surface area contributed by atoms with Gasteiger partial charge in [-0.05, 0) is 24.3 Å². The summed E-state index contributed by atoms with van der Waals surface area (Å²) in [4.78, 5) is 26.0. The van der Waals surface area contributed by atoms with Crippen molar-refractivity contribution in [2.45, 2.75) is 25.7 Å². The molecule has 0 spiro atoms. The topological polar surface area (TPSA) is 46.6 Å². The highest BCUT2D eigenvalue weighted by Gasteiger charge is 2.23. The number of ether oxygens (including phenoxy) is 1. The van der Waals surface area contributed by atoms with E-state index in [0.717, 1.165) is 18.5 Å². The molecule has 0 fully saturated rings. The van der Waals surface area contributed by atoms with Gasteiger partial charge in [0.2, 0.25) is 5.91 Å². The molecule has 2 heterocycles. The summed E-state index contributed by atoms with van der Waals surface area (Å²) in [7, 11) is 1.36.